The Morgan fingerprint density at radius 3 is 2.46 bits per heavy atom. The molecule has 0 amide bonds. The van der Waals surface area contributed by atoms with E-state index in [0.29, 0.717) is 0 Å². The maximum Gasteiger partial charge on any atom is 0.266 e. The van der Waals surface area contributed by atoms with Crippen molar-refractivity contribution in [2.24, 2.45) is 0 Å². The van der Waals surface area contributed by atoms with Crippen molar-refractivity contribution >= 4 is 10.1 Å². The van der Waals surface area contributed by atoms with Crippen molar-refractivity contribution in [3.05, 3.63) is 12.7 Å². The predicted octanol–water partition coefficient (Wildman–Crippen LogP) is -0.253. The van der Waals surface area contributed by atoms with E-state index in [9.17, 15) is 13.5 Å². The molecule has 0 aromatic rings. The second kappa shape index (κ2) is 4.19. The SMILES string of the molecule is C=CC(C)(O)NC(C)CS(=O)(=O)O. The summed E-state index contributed by atoms with van der Waals surface area (Å²) in [7, 11) is -4.01. The van der Waals surface area contributed by atoms with Crippen molar-refractivity contribution in [1.29, 1.82) is 0 Å². The van der Waals surface area contributed by atoms with Gasteiger partial charge in [-0.25, -0.2) is 0 Å². The second-order valence-electron chi connectivity index (χ2n) is 3.15. The summed E-state index contributed by atoms with van der Waals surface area (Å²) in [4.78, 5) is 0. The smallest absolute Gasteiger partial charge is 0.266 e. The number of nitrogens with one attached hydrogen (secondary N) is 1. The van der Waals surface area contributed by atoms with Crippen LogP contribution in [0.15, 0.2) is 12.7 Å². The van der Waals surface area contributed by atoms with Crippen LogP contribution in [0.25, 0.3) is 0 Å². The summed E-state index contributed by atoms with van der Waals surface area (Å²) >= 11 is 0. The van der Waals surface area contributed by atoms with E-state index in [-0.39, 0.29) is 0 Å². The Labute approximate surface area is 78.2 Å². The molecule has 13 heavy (non-hydrogen) atoms. The lowest BCUT2D eigenvalue weighted by molar-refractivity contribution is 0.0657. The highest BCUT2D eigenvalue weighted by Gasteiger charge is 2.20. The molecule has 3 N–H and O–H groups in total. The average molecular weight is 209 g/mol. The van der Waals surface area contributed by atoms with Crippen molar-refractivity contribution < 1.29 is 18.1 Å². The Morgan fingerprint density at radius 1 is 1.69 bits per heavy atom. The van der Waals surface area contributed by atoms with Gasteiger partial charge in [0.05, 0.1) is 5.75 Å². The van der Waals surface area contributed by atoms with E-state index in [0.717, 1.165) is 0 Å². The van der Waals surface area contributed by atoms with E-state index in [2.05, 4.69) is 11.9 Å². The highest BCUT2D eigenvalue weighted by molar-refractivity contribution is 7.85. The molecule has 2 unspecified atom stereocenters. The van der Waals surface area contributed by atoms with Gasteiger partial charge >= 0.3 is 0 Å². The highest BCUT2D eigenvalue weighted by atomic mass is 32.2. The van der Waals surface area contributed by atoms with Crippen molar-refractivity contribution in [2.75, 3.05) is 5.75 Å². The molecule has 0 radical (unpaired) electrons. The van der Waals surface area contributed by atoms with Crippen LogP contribution in [0.3, 0.4) is 0 Å². The van der Waals surface area contributed by atoms with Gasteiger partial charge in [-0.15, -0.1) is 0 Å². The fourth-order valence-corrected chi connectivity index (χ4v) is 1.63. The zero-order chi connectivity index (χ0) is 10.7. The Hall–Kier alpha value is -0.430. The number of aliphatic hydroxyl groups is 1. The van der Waals surface area contributed by atoms with Crippen LogP contribution in [-0.4, -0.2) is 35.6 Å². The molecule has 0 aromatic heterocycles. The van der Waals surface area contributed by atoms with Gasteiger partial charge in [0.1, 0.15) is 5.72 Å². The van der Waals surface area contributed by atoms with Crippen LogP contribution in [0.5, 0.6) is 0 Å². The fraction of sp³-hybridized carbons (Fsp3) is 0.714. The summed E-state index contributed by atoms with van der Waals surface area (Å²) in [5.74, 6) is -0.447. The monoisotopic (exact) mass is 209 g/mol. The highest BCUT2D eigenvalue weighted by Crippen LogP contribution is 2.01. The van der Waals surface area contributed by atoms with Crippen LogP contribution >= 0.6 is 0 Å². The van der Waals surface area contributed by atoms with Gasteiger partial charge in [-0.05, 0) is 19.9 Å². The summed E-state index contributed by atoms with van der Waals surface area (Å²) < 4.78 is 29.3. The van der Waals surface area contributed by atoms with Gasteiger partial charge in [0.2, 0.25) is 0 Å². The van der Waals surface area contributed by atoms with Gasteiger partial charge in [-0.1, -0.05) is 6.58 Å². The van der Waals surface area contributed by atoms with Crippen LogP contribution in [0.2, 0.25) is 0 Å². The Bertz CT molecular complexity index is 270. The lowest BCUT2D eigenvalue weighted by atomic mass is 10.2. The first-order valence-corrected chi connectivity index (χ1v) is 5.36. The molecule has 0 aliphatic carbocycles. The van der Waals surface area contributed by atoms with Gasteiger partial charge in [0.25, 0.3) is 10.1 Å². The molecule has 0 heterocycles. The molecule has 0 spiro atoms. The third-order valence-corrected chi connectivity index (χ3v) is 2.32. The summed E-state index contributed by atoms with van der Waals surface area (Å²) in [6, 6.07) is -0.553. The van der Waals surface area contributed by atoms with E-state index in [4.69, 9.17) is 4.55 Å². The van der Waals surface area contributed by atoms with Gasteiger partial charge < -0.3 is 5.11 Å². The summed E-state index contributed by atoms with van der Waals surface area (Å²) in [5.41, 5.74) is -1.33. The minimum Gasteiger partial charge on any atom is -0.373 e. The molecule has 0 aliphatic heterocycles. The maximum absolute atomic E-state index is 10.4. The molecule has 0 saturated heterocycles. The van der Waals surface area contributed by atoms with Gasteiger partial charge in [-0.3, -0.25) is 9.87 Å². The van der Waals surface area contributed by atoms with Gasteiger partial charge in [0.15, 0.2) is 0 Å². The lowest BCUT2D eigenvalue weighted by Gasteiger charge is -2.24. The summed E-state index contributed by atoms with van der Waals surface area (Å²) in [6.07, 6.45) is 1.24. The number of hydrogen-bond acceptors (Lipinski definition) is 4. The topological polar surface area (TPSA) is 86.6 Å². The minimum atomic E-state index is -4.01. The Kier molecular flexibility index (Phi) is 4.05. The van der Waals surface area contributed by atoms with Crippen molar-refractivity contribution in [1.82, 2.24) is 5.32 Å². The van der Waals surface area contributed by atoms with Crippen LogP contribution in [0.1, 0.15) is 13.8 Å². The van der Waals surface area contributed by atoms with Crippen LogP contribution < -0.4 is 5.32 Å². The Morgan fingerprint density at radius 2 is 2.15 bits per heavy atom. The molecular weight excluding hydrogens is 194 g/mol. The van der Waals surface area contributed by atoms with E-state index in [1.807, 2.05) is 0 Å². The Balaban J connectivity index is 4.17. The molecule has 0 aliphatic rings. The van der Waals surface area contributed by atoms with Gasteiger partial charge in [0, 0.05) is 6.04 Å². The molecule has 0 bridgehead atoms. The minimum absolute atomic E-state index is 0.447. The van der Waals surface area contributed by atoms with Crippen LogP contribution in [-0.2, 0) is 10.1 Å². The van der Waals surface area contributed by atoms with E-state index in [1.165, 1.54) is 19.9 Å². The zero-order valence-electron chi connectivity index (χ0n) is 7.69. The standard InChI is InChI=1S/C7H15NO4S/c1-4-7(3,9)8-6(2)5-13(10,11)12/h4,6,8-9H,1,5H2,2-3H3,(H,10,11,12). The summed E-state index contributed by atoms with van der Waals surface area (Å²) in [5, 5.41) is 11.9. The number of hydrogen-bond donors (Lipinski definition) is 3. The summed E-state index contributed by atoms with van der Waals surface area (Å²) in [6.45, 7) is 6.32. The third kappa shape index (κ3) is 6.71. The second-order valence-corrected chi connectivity index (χ2v) is 4.64. The molecule has 0 aromatic carbocycles. The van der Waals surface area contributed by atoms with E-state index < -0.39 is 27.6 Å². The molecule has 2 atom stereocenters. The largest absolute Gasteiger partial charge is 0.373 e. The van der Waals surface area contributed by atoms with Gasteiger partial charge in [-0.2, -0.15) is 8.42 Å². The third-order valence-electron chi connectivity index (χ3n) is 1.40. The van der Waals surface area contributed by atoms with Crippen molar-refractivity contribution in [3.8, 4) is 0 Å². The predicted molar refractivity (Wildman–Crippen MR) is 49.8 cm³/mol. The normalized spacial score (nSPS) is 19.1. The van der Waals surface area contributed by atoms with Crippen molar-refractivity contribution in [2.45, 2.75) is 25.6 Å². The lowest BCUT2D eigenvalue weighted by Crippen LogP contribution is -2.47. The maximum atomic E-state index is 10.4. The molecule has 0 saturated carbocycles. The first-order chi connectivity index (χ1) is 5.66. The molecule has 78 valence electrons. The average Bonchev–Trinajstić information content (AvgIpc) is 1.81. The zero-order valence-corrected chi connectivity index (χ0v) is 8.50. The molecule has 5 nitrogen and oxygen atoms in total. The van der Waals surface area contributed by atoms with Crippen molar-refractivity contribution in [3.63, 3.8) is 0 Å². The number of rotatable bonds is 5. The van der Waals surface area contributed by atoms with Crippen LogP contribution in [0.4, 0.5) is 0 Å². The molecule has 0 fully saturated rings. The molecule has 0 rings (SSSR count). The first-order valence-electron chi connectivity index (χ1n) is 3.75. The molecule has 6 heteroatoms. The van der Waals surface area contributed by atoms with Crippen LogP contribution in [0, 0.1) is 0 Å². The van der Waals surface area contributed by atoms with E-state index in [1.54, 1.807) is 0 Å². The first kappa shape index (κ1) is 12.6. The fourth-order valence-electron chi connectivity index (χ4n) is 0.915. The van der Waals surface area contributed by atoms with E-state index >= 15 is 0 Å². The molecular formula is C7H15NO4S. The quantitative estimate of drug-likeness (QED) is 0.330.